The molecule has 0 radical (unpaired) electrons. The van der Waals surface area contributed by atoms with E-state index in [1.165, 1.54) is 71.1 Å². The smallest absolute Gasteiger partial charge is 0.0246 e. The van der Waals surface area contributed by atoms with E-state index in [-0.39, 0.29) is 0 Å². The average Bonchev–Trinajstić information content (AvgIpc) is 2.71. The van der Waals surface area contributed by atoms with Gasteiger partial charge in [-0.3, -0.25) is 0 Å². The summed E-state index contributed by atoms with van der Waals surface area (Å²) in [6.07, 6.45) is 9.67. The van der Waals surface area contributed by atoms with Gasteiger partial charge in [0.15, 0.2) is 0 Å². The van der Waals surface area contributed by atoms with Crippen LogP contribution in [-0.4, -0.2) is 62.2 Å². The molecular weight excluding hydrogens is 246 g/mol. The van der Waals surface area contributed by atoms with Crippen LogP contribution in [0.3, 0.4) is 0 Å². The van der Waals surface area contributed by atoms with Crippen molar-refractivity contribution in [3.05, 3.63) is 0 Å². The van der Waals surface area contributed by atoms with Gasteiger partial charge in [0.2, 0.25) is 0 Å². The summed E-state index contributed by atoms with van der Waals surface area (Å²) in [4.78, 5) is 5.17. The fourth-order valence-corrected chi connectivity index (χ4v) is 4.10. The third-order valence-corrected chi connectivity index (χ3v) is 5.24. The lowest BCUT2D eigenvalue weighted by atomic mass is 9.99. The molecule has 1 N–H and O–H groups in total. The maximum atomic E-state index is 3.82. The molecule has 118 valence electrons. The van der Waals surface area contributed by atoms with Crippen molar-refractivity contribution in [2.24, 2.45) is 5.92 Å². The minimum absolute atomic E-state index is 0.724. The molecule has 2 rings (SSSR count). The van der Waals surface area contributed by atoms with Crippen molar-refractivity contribution in [1.29, 1.82) is 0 Å². The Morgan fingerprint density at radius 2 is 1.95 bits per heavy atom. The summed E-state index contributed by atoms with van der Waals surface area (Å²) < 4.78 is 0. The Morgan fingerprint density at radius 1 is 1.15 bits per heavy atom. The van der Waals surface area contributed by atoms with Gasteiger partial charge in [-0.2, -0.15) is 0 Å². The minimum atomic E-state index is 0.724. The van der Waals surface area contributed by atoms with E-state index in [0.29, 0.717) is 0 Å². The van der Waals surface area contributed by atoms with Crippen LogP contribution >= 0.6 is 0 Å². The molecule has 3 atom stereocenters. The van der Waals surface area contributed by atoms with Crippen LogP contribution in [-0.2, 0) is 0 Å². The van der Waals surface area contributed by atoms with Crippen molar-refractivity contribution in [2.45, 2.75) is 64.0 Å². The highest BCUT2D eigenvalue weighted by atomic mass is 15.2. The van der Waals surface area contributed by atoms with Crippen LogP contribution in [0, 0.1) is 5.92 Å². The second-order valence-electron chi connectivity index (χ2n) is 7.12. The molecule has 0 spiro atoms. The van der Waals surface area contributed by atoms with Gasteiger partial charge < -0.3 is 15.1 Å². The molecule has 3 unspecified atom stereocenters. The van der Waals surface area contributed by atoms with Crippen LogP contribution in [0.2, 0.25) is 0 Å². The number of rotatable bonds is 6. The van der Waals surface area contributed by atoms with Gasteiger partial charge in [-0.15, -0.1) is 0 Å². The molecule has 3 heteroatoms. The maximum Gasteiger partial charge on any atom is 0.0246 e. The molecular formula is C17H35N3. The van der Waals surface area contributed by atoms with Crippen LogP contribution in [0.25, 0.3) is 0 Å². The predicted octanol–water partition coefficient (Wildman–Crippen LogP) is 2.57. The Hall–Kier alpha value is -0.120. The second-order valence-corrected chi connectivity index (χ2v) is 7.12. The molecule has 0 aromatic heterocycles. The number of hydrogen-bond acceptors (Lipinski definition) is 3. The lowest BCUT2D eigenvalue weighted by Crippen LogP contribution is -2.49. The fraction of sp³-hybridized carbons (Fsp3) is 1.00. The van der Waals surface area contributed by atoms with Gasteiger partial charge in [-0.25, -0.2) is 0 Å². The van der Waals surface area contributed by atoms with Crippen molar-refractivity contribution < 1.29 is 0 Å². The Kier molecular flexibility index (Phi) is 6.79. The Balaban J connectivity index is 1.87. The van der Waals surface area contributed by atoms with E-state index in [2.05, 4.69) is 36.1 Å². The molecule has 2 fully saturated rings. The summed E-state index contributed by atoms with van der Waals surface area (Å²) in [5, 5.41) is 3.82. The van der Waals surface area contributed by atoms with E-state index in [0.717, 1.165) is 18.0 Å². The van der Waals surface area contributed by atoms with Crippen LogP contribution in [0.4, 0.5) is 0 Å². The third-order valence-electron chi connectivity index (χ3n) is 5.24. The third kappa shape index (κ3) is 4.71. The van der Waals surface area contributed by atoms with Gasteiger partial charge in [0.1, 0.15) is 0 Å². The monoisotopic (exact) mass is 281 g/mol. The summed E-state index contributed by atoms with van der Waals surface area (Å²) in [7, 11) is 4.63. The van der Waals surface area contributed by atoms with Crippen LogP contribution in [0.15, 0.2) is 0 Å². The zero-order valence-corrected chi connectivity index (χ0v) is 13.9. The molecule has 0 amide bonds. The first-order chi connectivity index (χ1) is 9.70. The van der Waals surface area contributed by atoms with Crippen molar-refractivity contribution in [3.63, 3.8) is 0 Å². The first-order valence-electron chi connectivity index (χ1n) is 8.83. The first kappa shape index (κ1) is 16.3. The molecule has 20 heavy (non-hydrogen) atoms. The zero-order chi connectivity index (χ0) is 14.4. The molecule has 1 aliphatic heterocycles. The standard InChI is InChI=1S/C17H35N3/c1-4-11-18-16-8-6-5-7-9-17(16)20(3)14-15-10-12-19(2)13-15/h15-18H,4-14H2,1-3H3. The minimum Gasteiger partial charge on any atom is -0.312 e. The van der Waals surface area contributed by atoms with Gasteiger partial charge >= 0.3 is 0 Å². The topological polar surface area (TPSA) is 18.5 Å². The molecule has 0 aromatic rings. The summed E-state index contributed by atoms with van der Waals surface area (Å²) >= 11 is 0. The van der Waals surface area contributed by atoms with Crippen LogP contribution < -0.4 is 5.32 Å². The van der Waals surface area contributed by atoms with E-state index < -0.39 is 0 Å². The quantitative estimate of drug-likeness (QED) is 0.755. The Morgan fingerprint density at radius 3 is 2.65 bits per heavy atom. The van der Waals surface area contributed by atoms with Crippen molar-refractivity contribution in [1.82, 2.24) is 15.1 Å². The largest absolute Gasteiger partial charge is 0.312 e. The van der Waals surface area contributed by atoms with E-state index in [1.54, 1.807) is 0 Å². The number of likely N-dealkylation sites (tertiary alicyclic amines) is 1. The molecule has 1 saturated heterocycles. The van der Waals surface area contributed by atoms with Crippen molar-refractivity contribution >= 4 is 0 Å². The number of nitrogens with zero attached hydrogens (tertiary/aromatic N) is 2. The number of likely N-dealkylation sites (N-methyl/N-ethyl adjacent to an activating group) is 1. The highest BCUT2D eigenvalue weighted by Crippen LogP contribution is 2.24. The lowest BCUT2D eigenvalue weighted by Gasteiger charge is -2.35. The summed E-state index contributed by atoms with van der Waals surface area (Å²) in [5.41, 5.74) is 0. The van der Waals surface area contributed by atoms with Gasteiger partial charge in [0.25, 0.3) is 0 Å². The van der Waals surface area contributed by atoms with Crippen molar-refractivity contribution in [3.8, 4) is 0 Å². The normalized spacial score (nSPS) is 32.7. The van der Waals surface area contributed by atoms with Gasteiger partial charge in [0.05, 0.1) is 0 Å². The Bertz CT molecular complexity index is 269. The van der Waals surface area contributed by atoms with Crippen molar-refractivity contribution in [2.75, 3.05) is 40.3 Å². The zero-order valence-electron chi connectivity index (χ0n) is 13.9. The highest BCUT2D eigenvalue weighted by molar-refractivity contribution is 4.87. The fourth-order valence-electron chi connectivity index (χ4n) is 4.10. The summed E-state index contributed by atoms with van der Waals surface area (Å²) in [5.74, 6) is 0.889. The lowest BCUT2D eigenvalue weighted by molar-refractivity contribution is 0.159. The van der Waals surface area contributed by atoms with Gasteiger partial charge in [0, 0.05) is 25.2 Å². The molecule has 1 heterocycles. The van der Waals surface area contributed by atoms with Gasteiger partial charge in [-0.1, -0.05) is 26.2 Å². The SMILES string of the molecule is CCCNC1CCCCCC1N(C)CC1CCN(C)C1. The maximum absolute atomic E-state index is 3.82. The first-order valence-corrected chi connectivity index (χ1v) is 8.83. The molecule has 1 aliphatic carbocycles. The second kappa shape index (κ2) is 8.35. The van der Waals surface area contributed by atoms with Crippen LogP contribution in [0.1, 0.15) is 51.9 Å². The number of hydrogen-bond donors (Lipinski definition) is 1. The molecule has 2 aliphatic rings. The highest BCUT2D eigenvalue weighted by Gasteiger charge is 2.29. The summed E-state index contributed by atoms with van der Waals surface area (Å²) in [6, 6.07) is 1.48. The summed E-state index contributed by atoms with van der Waals surface area (Å²) in [6.45, 7) is 7.34. The van der Waals surface area contributed by atoms with Gasteiger partial charge in [-0.05, 0) is 58.8 Å². The van der Waals surface area contributed by atoms with E-state index in [9.17, 15) is 0 Å². The Labute approximate surface area is 126 Å². The predicted molar refractivity (Wildman–Crippen MR) is 87.2 cm³/mol. The van der Waals surface area contributed by atoms with Crippen LogP contribution in [0.5, 0.6) is 0 Å². The molecule has 1 saturated carbocycles. The average molecular weight is 281 g/mol. The van der Waals surface area contributed by atoms with E-state index >= 15 is 0 Å². The molecule has 0 aromatic carbocycles. The van der Waals surface area contributed by atoms with E-state index in [1.807, 2.05) is 0 Å². The molecule has 3 nitrogen and oxygen atoms in total. The van der Waals surface area contributed by atoms with E-state index in [4.69, 9.17) is 0 Å². The molecule has 0 bridgehead atoms. The number of nitrogens with one attached hydrogen (secondary N) is 1.